The van der Waals surface area contributed by atoms with Crippen molar-refractivity contribution < 1.29 is 18.5 Å². The quantitative estimate of drug-likeness (QED) is 0.785. The highest BCUT2D eigenvalue weighted by Crippen LogP contribution is 2.62. The van der Waals surface area contributed by atoms with Gasteiger partial charge in [-0.3, -0.25) is 0 Å². The Morgan fingerprint density at radius 3 is 2.33 bits per heavy atom. The van der Waals surface area contributed by atoms with Crippen LogP contribution >= 0.6 is 0 Å². The Bertz CT molecular complexity index is 508. The molecule has 1 saturated carbocycles. The highest BCUT2D eigenvalue weighted by atomic mass is 16.7. The summed E-state index contributed by atoms with van der Waals surface area (Å²) in [5.74, 6) is 2.78. The molecule has 1 aromatic heterocycles. The van der Waals surface area contributed by atoms with Crippen molar-refractivity contribution in [3.63, 3.8) is 0 Å². The lowest BCUT2D eigenvalue weighted by molar-refractivity contribution is 0.00578. The van der Waals surface area contributed by atoms with Gasteiger partial charge in [-0.15, -0.1) is 0 Å². The van der Waals surface area contributed by atoms with Crippen LogP contribution in [0.5, 0.6) is 0 Å². The third-order valence-electron chi connectivity index (χ3n) is 6.00. The molecule has 4 rings (SSSR count). The van der Waals surface area contributed by atoms with Crippen molar-refractivity contribution in [1.82, 2.24) is 0 Å². The fraction of sp³-hybridized carbons (Fsp3) is 0.750. The average molecular weight is 290 g/mol. The maximum atomic E-state index is 6.29. The first kappa shape index (κ1) is 13.9. The summed E-state index contributed by atoms with van der Waals surface area (Å²) in [7, 11) is -0.173. The Morgan fingerprint density at radius 1 is 1.05 bits per heavy atom. The van der Waals surface area contributed by atoms with E-state index in [4.69, 9.17) is 18.5 Å². The molecule has 4 nitrogen and oxygen atoms in total. The lowest BCUT2D eigenvalue weighted by Gasteiger charge is -2.47. The smallest absolute Gasteiger partial charge is 0.462 e. The number of furan rings is 1. The number of fused-ring (bicyclic) bond motifs is 1. The largest absolute Gasteiger partial charge is 0.469 e. The van der Waals surface area contributed by atoms with Crippen molar-refractivity contribution in [1.29, 1.82) is 0 Å². The van der Waals surface area contributed by atoms with E-state index in [1.54, 1.807) is 6.26 Å². The van der Waals surface area contributed by atoms with Crippen molar-refractivity contribution in [2.24, 2.45) is 11.8 Å². The summed E-state index contributed by atoms with van der Waals surface area (Å²) < 4.78 is 23.9. The average Bonchev–Trinajstić information content (AvgIpc) is 3.03. The maximum Gasteiger partial charge on any atom is 0.462 e. The van der Waals surface area contributed by atoms with Crippen LogP contribution in [0.15, 0.2) is 22.8 Å². The van der Waals surface area contributed by atoms with E-state index in [1.807, 2.05) is 6.07 Å². The third-order valence-corrected chi connectivity index (χ3v) is 6.00. The lowest BCUT2D eigenvalue weighted by atomic mass is 9.44. The fourth-order valence-corrected chi connectivity index (χ4v) is 4.06. The minimum absolute atomic E-state index is 0.173. The molecule has 114 valence electrons. The lowest BCUT2D eigenvalue weighted by Crippen LogP contribution is -2.48. The summed E-state index contributed by atoms with van der Waals surface area (Å²) in [4.78, 5) is 0. The van der Waals surface area contributed by atoms with Crippen LogP contribution in [0, 0.1) is 11.8 Å². The van der Waals surface area contributed by atoms with E-state index < -0.39 is 0 Å². The van der Waals surface area contributed by atoms with Crippen molar-refractivity contribution in [2.75, 3.05) is 13.2 Å². The molecule has 21 heavy (non-hydrogen) atoms. The highest BCUT2D eigenvalue weighted by molar-refractivity contribution is 6.48. The molecule has 0 aromatic carbocycles. The maximum absolute atomic E-state index is 6.29. The molecule has 5 heteroatoms. The molecule has 2 saturated heterocycles. The van der Waals surface area contributed by atoms with Gasteiger partial charge in [0.05, 0.1) is 24.1 Å². The number of hydrogen-bond acceptors (Lipinski definition) is 4. The van der Waals surface area contributed by atoms with Gasteiger partial charge >= 0.3 is 7.12 Å². The Labute approximate surface area is 126 Å². The molecule has 0 amide bonds. The predicted molar refractivity (Wildman–Crippen MR) is 79.1 cm³/mol. The molecule has 0 N–H and O–H groups in total. The zero-order chi connectivity index (χ0) is 14.8. The van der Waals surface area contributed by atoms with Crippen LogP contribution < -0.4 is 0 Å². The Kier molecular flexibility index (Phi) is 2.88. The van der Waals surface area contributed by atoms with E-state index in [9.17, 15) is 0 Å². The first-order valence-corrected chi connectivity index (χ1v) is 7.87. The minimum Gasteiger partial charge on any atom is -0.469 e. The van der Waals surface area contributed by atoms with Crippen LogP contribution in [0.1, 0.15) is 39.4 Å². The van der Waals surface area contributed by atoms with Gasteiger partial charge in [0.2, 0.25) is 0 Å². The second-order valence-corrected chi connectivity index (χ2v) is 7.61. The second-order valence-electron chi connectivity index (χ2n) is 7.61. The Hall–Kier alpha value is -0.775. The van der Waals surface area contributed by atoms with Crippen molar-refractivity contribution in [3.8, 4) is 0 Å². The van der Waals surface area contributed by atoms with E-state index >= 15 is 0 Å². The molecule has 0 spiro atoms. The van der Waals surface area contributed by atoms with Crippen LogP contribution in [-0.2, 0) is 14.0 Å². The standard InChI is InChI=1S/C16H23BO4/c1-15(2)16(3,4)21-17(20-15)14-11-9-18-8-10(11)13(14)12-6-5-7-19-12/h5-7,10-11,13-14H,8-9H2,1-4H3/t10-,11+,13-,14-/m1/s1. The zero-order valence-electron chi connectivity index (χ0n) is 13.2. The number of rotatable bonds is 2. The Balaban J connectivity index is 1.62. The molecule has 1 aliphatic carbocycles. The second kappa shape index (κ2) is 4.37. The molecule has 3 fully saturated rings. The minimum atomic E-state index is -0.282. The zero-order valence-corrected chi connectivity index (χ0v) is 13.2. The van der Waals surface area contributed by atoms with Gasteiger partial charge < -0.3 is 18.5 Å². The summed E-state index contributed by atoms with van der Waals surface area (Å²) in [5.41, 5.74) is -0.564. The van der Waals surface area contributed by atoms with Gasteiger partial charge in [0.15, 0.2) is 0 Å². The highest BCUT2D eigenvalue weighted by Gasteiger charge is 2.65. The molecule has 4 atom stereocenters. The van der Waals surface area contributed by atoms with E-state index in [0.717, 1.165) is 19.0 Å². The van der Waals surface area contributed by atoms with Gasteiger partial charge in [-0.1, -0.05) is 0 Å². The van der Waals surface area contributed by atoms with Crippen LogP contribution in [0.2, 0.25) is 5.82 Å². The third kappa shape index (κ3) is 1.87. The SMILES string of the molecule is CC1(C)OB([C@@H]2[C@H]3COC[C@H]3[C@@H]2c2ccco2)OC1(C)C. The van der Waals surface area contributed by atoms with E-state index in [1.165, 1.54) is 0 Å². The summed E-state index contributed by atoms with van der Waals surface area (Å²) in [6.45, 7) is 10.1. The van der Waals surface area contributed by atoms with Gasteiger partial charge in [-0.25, -0.2) is 0 Å². The fourth-order valence-electron chi connectivity index (χ4n) is 4.06. The number of hydrogen-bond donors (Lipinski definition) is 0. The normalized spacial score (nSPS) is 40.1. The number of ether oxygens (including phenoxy) is 1. The monoisotopic (exact) mass is 290 g/mol. The van der Waals surface area contributed by atoms with Crippen molar-refractivity contribution in [2.45, 2.75) is 50.6 Å². The summed E-state index contributed by atoms with van der Waals surface area (Å²) in [5, 5.41) is 0. The first-order chi connectivity index (χ1) is 9.91. The summed E-state index contributed by atoms with van der Waals surface area (Å²) >= 11 is 0. The van der Waals surface area contributed by atoms with Crippen LogP contribution in [0.25, 0.3) is 0 Å². The first-order valence-electron chi connectivity index (χ1n) is 7.87. The van der Waals surface area contributed by atoms with E-state index in [-0.39, 0.29) is 18.3 Å². The summed E-state index contributed by atoms with van der Waals surface area (Å²) in [6.07, 6.45) is 1.75. The molecule has 2 aliphatic heterocycles. The van der Waals surface area contributed by atoms with Crippen LogP contribution in [0.4, 0.5) is 0 Å². The molecule has 1 aromatic rings. The van der Waals surface area contributed by atoms with Gasteiger partial charge in [0.1, 0.15) is 5.76 Å². The molecule has 3 aliphatic rings. The van der Waals surface area contributed by atoms with Gasteiger partial charge in [-0.2, -0.15) is 0 Å². The molecule has 0 radical (unpaired) electrons. The van der Waals surface area contributed by atoms with Gasteiger partial charge in [0, 0.05) is 18.3 Å². The molecular weight excluding hydrogens is 267 g/mol. The van der Waals surface area contributed by atoms with Crippen LogP contribution in [0.3, 0.4) is 0 Å². The van der Waals surface area contributed by atoms with Crippen LogP contribution in [-0.4, -0.2) is 31.5 Å². The Morgan fingerprint density at radius 2 is 1.71 bits per heavy atom. The molecule has 0 unspecified atom stereocenters. The van der Waals surface area contributed by atoms with E-state index in [2.05, 4.69) is 33.8 Å². The van der Waals surface area contributed by atoms with Gasteiger partial charge in [-0.05, 0) is 51.7 Å². The molecule has 0 bridgehead atoms. The molecule has 3 heterocycles. The van der Waals surface area contributed by atoms with E-state index in [0.29, 0.717) is 23.6 Å². The molecular formula is C16H23BO4. The van der Waals surface area contributed by atoms with Crippen molar-refractivity contribution in [3.05, 3.63) is 24.2 Å². The van der Waals surface area contributed by atoms with Gasteiger partial charge in [0.25, 0.3) is 0 Å². The predicted octanol–water partition coefficient (Wildman–Crippen LogP) is 3.10. The summed E-state index contributed by atoms with van der Waals surface area (Å²) in [6, 6.07) is 4.03. The topological polar surface area (TPSA) is 40.8 Å². The van der Waals surface area contributed by atoms with Crippen molar-refractivity contribution >= 4 is 7.12 Å².